The van der Waals surface area contributed by atoms with Gasteiger partial charge in [-0.3, -0.25) is 9.89 Å². The molecule has 0 spiro atoms. The summed E-state index contributed by atoms with van der Waals surface area (Å²) >= 11 is 3.43. The molecule has 0 saturated carbocycles. The number of pyridine rings is 2. The van der Waals surface area contributed by atoms with Gasteiger partial charge in [0.05, 0.1) is 37.4 Å². The Morgan fingerprint density at radius 2 is 1.93 bits per heavy atom. The SMILES string of the molecule is CC.CC/C=C(CCN1CCOCC1)/N=C1\CN(c2ncccc2CCC)CC\C1=C(\C)Nc1ccc(Br)nc1. The molecule has 4 rings (SSSR count). The summed E-state index contributed by atoms with van der Waals surface area (Å²) < 4.78 is 6.37. The molecule has 40 heavy (non-hydrogen) atoms. The molecule has 0 atom stereocenters. The number of nitrogens with one attached hydrogen (secondary N) is 1. The van der Waals surface area contributed by atoms with E-state index in [-0.39, 0.29) is 0 Å². The Morgan fingerprint density at radius 1 is 1.12 bits per heavy atom. The molecule has 0 unspecified atom stereocenters. The van der Waals surface area contributed by atoms with Crippen LogP contribution < -0.4 is 10.2 Å². The summed E-state index contributed by atoms with van der Waals surface area (Å²) in [5.74, 6) is 1.10. The molecule has 2 aliphatic heterocycles. The lowest BCUT2D eigenvalue weighted by molar-refractivity contribution is 0.0384. The van der Waals surface area contributed by atoms with Crippen LogP contribution in [0.1, 0.15) is 65.9 Å². The highest BCUT2D eigenvalue weighted by Gasteiger charge is 2.25. The minimum Gasteiger partial charge on any atom is -0.379 e. The van der Waals surface area contributed by atoms with E-state index in [2.05, 4.69) is 68.9 Å². The van der Waals surface area contributed by atoms with Crippen molar-refractivity contribution >= 4 is 33.1 Å². The molecule has 2 aromatic rings. The van der Waals surface area contributed by atoms with Crippen LogP contribution >= 0.6 is 15.9 Å². The highest BCUT2D eigenvalue weighted by atomic mass is 79.9. The highest BCUT2D eigenvalue weighted by Crippen LogP contribution is 2.27. The summed E-state index contributed by atoms with van der Waals surface area (Å²) in [6.45, 7) is 16.9. The third-order valence-corrected chi connectivity index (χ3v) is 7.49. The zero-order valence-electron chi connectivity index (χ0n) is 25.0. The van der Waals surface area contributed by atoms with E-state index in [0.29, 0.717) is 0 Å². The maximum atomic E-state index is 5.54. The van der Waals surface area contributed by atoms with Crippen LogP contribution in [0.5, 0.6) is 0 Å². The van der Waals surface area contributed by atoms with E-state index in [4.69, 9.17) is 14.7 Å². The summed E-state index contributed by atoms with van der Waals surface area (Å²) in [6, 6.07) is 8.27. The molecule has 0 aliphatic carbocycles. The smallest absolute Gasteiger partial charge is 0.132 e. The minimum atomic E-state index is 0.749. The molecule has 1 N–H and O–H groups in total. The van der Waals surface area contributed by atoms with Gasteiger partial charge in [0.25, 0.3) is 0 Å². The predicted octanol–water partition coefficient (Wildman–Crippen LogP) is 7.27. The number of aliphatic imine (C=N–C) groups is 1. The maximum absolute atomic E-state index is 5.54. The van der Waals surface area contributed by atoms with E-state index in [0.717, 1.165) is 106 Å². The summed E-state index contributed by atoms with van der Waals surface area (Å²) in [4.78, 5) is 19.4. The molecule has 0 aromatic carbocycles. The van der Waals surface area contributed by atoms with Gasteiger partial charge >= 0.3 is 0 Å². The third-order valence-electron chi connectivity index (χ3n) is 7.03. The zero-order valence-corrected chi connectivity index (χ0v) is 26.6. The van der Waals surface area contributed by atoms with Crippen molar-refractivity contribution in [1.82, 2.24) is 14.9 Å². The van der Waals surface area contributed by atoms with Crippen LogP contribution in [0.25, 0.3) is 0 Å². The van der Waals surface area contributed by atoms with Crippen molar-refractivity contribution in [3.05, 3.63) is 69.9 Å². The molecule has 2 aromatic heterocycles. The lowest BCUT2D eigenvalue weighted by Crippen LogP contribution is -2.39. The molecule has 0 bridgehead atoms. The molecular formula is C32H47BrN6O. The van der Waals surface area contributed by atoms with E-state index >= 15 is 0 Å². The third kappa shape index (κ3) is 9.53. The number of ether oxygens (including phenoxy) is 1. The van der Waals surface area contributed by atoms with Crippen molar-refractivity contribution in [3.63, 3.8) is 0 Å². The second-order valence-corrected chi connectivity index (χ2v) is 10.7. The van der Waals surface area contributed by atoms with Crippen molar-refractivity contribution in [1.29, 1.82) is 0 Å². The van der Waals surface area contributed by atoms with Crippen molar-refractivity contribution in [2.75, 3.05) is 56.2 Å². The minimum absolute atomic E-state index is 0.749. The Labute approximate surface area is 250 Å². The Balaban J connectivity index is 0.00000216. The van der Waals surface area contributed by atoms with Crippen LogP contribution in [-0.2, 0) is 11.2 Å². The summed E-state index contributed by atoms with van der Waals surface area (Å²) in [5, 5.41) is 3.58. The first kappa shape index (κ1) is 32.0. The van der Waals surface area contributed by atoms with Crippen molar-refractivity contribution in [3.8, 4) is 0 Å². The van der Waals surface area contributed by atoms with Gasteiger partial charge in [-0.2, -0.15) is 0 Å². The normalized spacial score (nSPS) is 18.8. The number of rotatable bonds is 10. The molecule has 4 heterocycles. The molecular weight excluding hydrogens is 564 g/mol. The lowest BCUT2D eigenvalue weighted by atomic mass is 9.98. The Morgan fingerprint density at radius 3 is 2.62 bits per heavy atom. The molecule has 2 fully saturated rings. The van der Waals surface area contributed by atoms with E-state index in [9.17, 15) is 0 Å². The summed E-state index contributed by atoms with van der Waals surface area (Å²) in [6.07, 6.45) is 11.0. The zero-order chi connectivity index (χ0) is 28.7. The molecule has 2 saturated heterocycles. The number of morpholine rings is 1. The second-order valence-electron chi connectivity index (χ2n) is 9.87. The monoisotopic (exact) mass is 610 g/mol. The van der Waals surface area contributed by atoms with Crippen LogP contribution in [0.15, 0.2) is 69.3 Å². The van der Waals surface area contributed by atoms with Crippen LogP contribution in [-0.4, -0.2) is 66.5 Å². The molecule has 2 aliphatic rings. The summed E-state index contributed by atoms with van der Waals surface area (Å²) in [7, 11) is 0. The fraction of sp³-hybridized carbons (Fsp3) is 0.531. The number of hydrogen-bond acceptors (Lipinski definition) is 7. The van der Waals surface area contributed by atoms with Crippen LogP contribution in [0.2, 0.25) is 0 Å². The van der Waals surface area contributed by atoms with Gasteiger partial charge in [0.2, 0.25) is 0 Å². The maximum Gasteiger partial charge on any atom is 0.132 e. The van der Waals surface area contributed by atoms with Crippen LogP contribution in [0.4, 0.5) is 11.5 Å². The van der Waals surface area contributed by atoms with Gasteiger partial charge in [-0.25, -0.2) is 9.97 Å². The van der Waals surface area contributed by atoms with E-state index in [1.807, 2.05) is 44.4 Å². The fourth-order valence-electron chi connectivity index (χ4n) is 5.07. The number of piperidine rings is 1. The first-order chi connectivity index (χ1) is 19.6. The van der Waals surface area contributed by atoms with Gasteiger partial charge < -0.3 is 15.0 Å². The summed E-state index contributed by atoms with van der Waals surface area (Å²) in [5.41, 5.74) is 7.00. The van der Waals surface area contributed by atoms with Gasteiger partial charge in [0, 0.05) is 50.2 Å². The van der Waals surface area contributed by atoms with Gasteiger partial charge in [0.15, 0.2) is 0 Å². The average Bonchev–Trinajstić information content (AvgIpc) is 2.99. The van der Waals surface area contributed by atoms with E-state index in [1.54, 1.807) is 0 Å². The Kier molecular flexibility index (Phi) is 13.8. The number of hydrogen-bond donors (Lipinski definition) is 1. The number of anilines is 2. The van der Waals surface area contributed by atoms with Gasteiger partial charge in [-0.15, -0.1) is 0 Å². The topological polar surface area (TPSA) is 65.9 Å². The van der Waals surface area contributed by atoms with Gasteiger partial charge in [0.1, 0.15) is 10.4 Å². The molecule has 218 valence electrons. The second kappa shape index (κ2) is 17.3. The number of nitrogens with zero attached hydrogens (tertiary/aromatic N) is 5. The Hall–Kier alpha value is -2.55. The van der Waals surface area contributed by atoms with Crippen LogP contribution in [0, 0.1) is 0 Å². The highest BCUT2D eigenvalue weighted by molar-refractivity contribution is 9.10. The van der Waals surface area contributed by atoms with Gasteiger partial charge in [-0.05, 0) is 71.5 Å². The predicted molar refractivity (Wildman–Crippen MR) is 172 cm³/mol. The molecule has 0 radical (unpaired) electrons. The average molecular weight is 612 g/mol. The first-order valence-corrected chi connectivity index (χ1v) is 15.7. The van der Waals surface area contributed by atoms with Crippen molar-refractivity contribution in [2.45, 2.75) is 66.7 Å². The largest absolute Gasteiger partial charge is 0.379 e. The number of allylic oxidation sites excluding steroid dienone is 2. The van der Waals surface area contributed by atoms with Gasteiger partial charge in [-0.1, -0.05) is 46.3 Å². The van der Waals surface area contributed by atoms with Crippen molar-refractivity contribution in [2.24, 2.45) is 4.99 Å². The van der Waals surface area contributed by atoms with Crippen LogP contribution in [0.3, 0.4) is 0 Å². The first-order valence-electron chi connectivity index (χ1n) is 14.9. The number of aromatic nitrogens is 2. The molecule has 0 amide bonds. The molecule has 8 heteroatoms. The number of halogens is 1. The molecule has 7 nitrogen and oxygen atoms in total. The number of aryl methyl sites for hydroxylation is 1. The lowest BCUT2D eigenvalue weighted by Gasteiger charge is -2.33. The Bertz CT molecular complexity index is 1140. The standard InChI is InChI=1S/C30H41BrN6O.C2H6/c1-4-7-24-9-6-14-32-30(24)37-16-13-27(23(3)34-26-10-11-29(31)33-21-26)28(22-37)35-25(8-5-2)12-15-36-17-19-38-20-18-36;1-2/h6,8-11,14,21,34H,4-5,7,12-13,15-20,22H2,1-3H3;1-2H3/b25-8+,27-23+,35-28+;. The van der Waals surface area contributed by atoms with E-state index < -0.39 is 0 Å². The van der Waals surface area contributed by atoms with E-state index in [1.165, 1.54) is 16.8 Å². The van der Waals surface area contributed by atoms with Crippen molar-refractivity contribution < 1.29 is 4.74 Å². The quantitative estimate of drug-likeness (QED) is 0.285. The fourth-order valence-corrected chi connectivity index (χ4v) is 5.30.